The molecule has 1 aliphatic rings. The van der Waals surface area contributed by atoms with E-state index in [4.69, 9.17) is 0 Å². The Balaban J connectivity index is 1.87. The normalized spacial score (nSPS) is 15.7. The summed E-state index contributed by atoms with van der Waals surface area (Å²) in [5, 5.41) is 2.07. The topological polar surface area (TPSA) is 65.7 Å². The first-order valence-corrected chi connectivity index (χ1v) is 13.3. The number of hydrogen-bond donors (Lipinski definition) is 2. The Hall–Kier alpha value is -3.40. The summed E-state index contributed by atoms with van der Waals surface area (Å²) in [7, 11) is 0. The number of para-hydroxylation sites is 2. The molecule has 36 heavy (non-hydrogen) atoms. The SMILES string of the molecule is CC(C)CCc1[nH]c2ccccc2c1C1(c2c(CCC(C)C)[nH]c3ccccc23)CC(=O)C=CC1=O. The molecule has 4 aromatic rings. The van der Waals surface area contributed by atoms with Crippen LogP contribution in [0.2, 0.25) is 0 Å². The van der Waals surface area contributed by atoms with Crippen LogP contribution >= 0.6 is 0 Å². The minimum absolute atomic E-state index is 0.00483. The molecule has 2 aromatic heterocycles. The highest BCUT2D eigenvalue weighted by Gasteiger charge is 2.49. The van der Waals surface area contributed by atoms with E-state index in [0.29, 0.717) is 11.8 Å². The summed E-state index contributed by atoms with van der Waals surface area (Å²) in [5.74, 6) is 1.04. The number of rotatable bonds is 8. The average Bonchev–Trinajstić information content (AvgIpc) is 3.41. The number of benzene rings is 2. The van der Waals surface area contributed by atoms with Crippen LogP contribution in [-0.4, -0.2) is 21.5 Å². The molecule has 5 rings (SSSR count). The molecule has 0 atom stereocenters. The molecule has 0 saturated carbocycles. The lowest BCUT2D eigenvalue weighted by molar-refractivity contribution is -0.125. The standard InChI is InChI=1S/C32H36N2O2/c1-20(2)13-16-27-30(23-9-5-7-11-25(23)33-27)32(19-22(35)15-18-29(32)36)31-24-10-6-8-12-26(24)34-28(31)17-14-21(3)4/h5-12,15,18,20-21,33-34H,13-14,16-17,19H2,1-4H3. The van der Waals surface area contributed by atoms with Crippen molar-refractivity contribution in [1.82, 2.24) is 9.97 Å². The zero-order chi connectivity index (χ0) is 25.4. The maximum Gasteiger partial charge on any atom is 0.171 e. The summed E-state index contributed by atoms with van der Waals surface area (Å²) in [6.45, 7) is 8.89. The van der Waals surface area contributed by atoms with Crippen molar-refractivity contribution in [3.05, 3.63) is 83.2 Å². The summed E-state index contributed by atoms with van der Waals surface area (Å²) in [5.41, 5.74) is 5.08. The highest BCUT2D eigenvalue weighted by atomic mass is 16.1. The van der Waals surface area contributed by atoms with E-state index in [9.17, 15) is 9.59 Å². The molecule has 2 N–H and O–H groups in total. The predicted octanol–water partition coefficient (Wildman–Crippen LogP) is 7.21. The highest BCUT2D eigenvalue weighted by Crippen LogP contribution is 2.48. The van der Waals surface area contributed by atoms with E-state index in [1.165, 1.54) is 12.2 Å². The number of nitrogens with one attached hydrogen (secondary N) is 2. The van der Waals surface area contributed by atoms with Crippen LogP contribution in [0.25, 0.3) is 21.8 Å². The fraction of sp³-hybridized carbons (Fsp3) is 0.375. The minimum atomic E-state index is -1.07. The van der Waals surface area contributed by atoms with Gasteiger partial charge in [0.25, 0.3) is 0 Å². The van der Waals surface area contributed by atoms with Crippen molar-refractivity contribution >= 4 is 33.4 Å². The Morgan fingerprint density at radius 3 is 1.67 bits per heavy atom. The van der Waals surface area contributed by atoms with Crippen LogP contribution in [0, 0.1) is 11.8 Å². The minimum Gasteiger partial charge on any atom is -0.358 e. The van der Waals surface area contributed by atoms with E-state index in [-0.39, 0.29) is 18.0 Å². The van der Waals surface area contributed by atoms with E-state index in [1.807, 2.05) is 24.3 Å². The molecule has 0 amide bonds. The summed E-state index contributed by atoms with van der Waals surface area (Å²) in [6, 6.07) is 16.4. The Labute approximate surface area is 213 Å². The van der Waals surface area contributed by atoms with E-state index in [1.54, 1.807) is 0 Å². The molecular formula is C32H36N2O2. The van der Waals surface area contributed by atoms with Crippen molar-refractivity contribution in [1.29, 1.82) is 0 Å². The third-order valence-corrected chi connectivity index (χ3v) is 7.65. The van der Waals surface area contributed by atoms with Crippen LogP contribution in [0.5, 0.6) is 0 Å². The van der Waals surface area contributed by atoms with Gasteiger partial charge in [-0.1, -0.05) is 64.1 Å². The van der Waals surface area contributed by atoms with Crippen LogP contribution in [0.15, 0.2) is 60.7 Å². The fourth-order valence-corrected chi connectivity index (χ4v) is 5.88. The molecule has 0 bridgehead atoms. The van der Waals surface area contributed by atoms with Gasteiger partial charge in [0, 0.05) is 39.6 Å². The van der Waals surface area contributed by atoms with Crippen LogP contribution in [0.1, 0.15) is 69.5 Å². The summed E-state index contributed by atoms with van der Waals surface area (Å²) in [4.78, 5) is 34.8. The van der Waals surface area contributed by atoms with Gasteiger partial charge in [-0.15, -0.1) is 0 Å². The maximum absolute atomic E-state index is 14.3. The molecule has 4 heteroatoms. The first kappa shape index (κ1) is 24.3. The highest BCUT2D eigenvalue weighted by molar-refractivity contribution is 6.16. The number of carbonyl (C=O) groups is 2. The summed E-state index contributed by atoms with van der Waals surface area (Å²) < 4.78 is 0. The lowest BCUT2D eigenvalue weighted by Gasteiger charge is -2.35. The average molecular weight is 481 g/mol. The number of carbonyl (C=O) groups excluding carboxylic acids is 2. The zero-order valence-electron chi connectivity index (χ0n) is 21.8. The molecule has 4 nitrogen and oxygen atoms in total. The number of aromatic amines is 2. The van der Waals surface area contributed by atoms with Gasteiger partial charge in [-0.25, -0.2) is 0 Å². The fourth-order valence-electron chi connectivity index (χ4n) is 5.88. The van der Waals surface area contributed by atoms with Crippen molar-refractivity contribution in [2.75, 3.05) is 0 Å². The van der Waals surface area contributed by atoms with Crippen molar-refractivity contribution in [3.63, 3.8) is 0 Å². The first-order valence-electron chi connectivity index (χ1n) is 13.3. The van der Waals surface area contributed by atoms with Gasteiger partial charge < -0.3 is 9.97 Å². The largest absolute Gasteiger partial charge is 0.358 e. The number of hydrogen-bond acceptors (Lipinski definition) is 2. The molecule has 0 unspecified atom stereocenters. The number of aryl methyl sites for hydroxylation is 2. The molecule has 186 valence electrons. The van der Waals surface area contributed by atoms with Crippen molar-refractivity contribution < 1.29 is 9.59 Å². The first-order chi connectivity index (χ1) is 17.3. The number of H-pyrrole nitrogens is 2. The second-order valence-corrected chi connectivity index (χ2v) is 11.2. The molecule has 2 aromatic carbocycles. The van der Waals surface area contributed by atoms with E-state index in [0.717, 1.165) is 70.0 Å². The van der Waals surface area contributed by atoms with Gasteiger partial charge in [-0.3, -0.25) is 9.59 Å². The second kappa shape index (κ2) is 9.57. The predicted molar refractivity (Wildman–Crippen MR) is 147 cm³/mol. The molecule has 2 heterocycles. The van der Waals surface area contributed by atoms with Gasteiger partial charge in [-0.05, 0) is 72.9 Å². The van der Waals surface area contributed by atoms with Gasteiger partial charge in [-0.2, -0.15) is 0 Å². The maximum atomic E-state index is 14.3. The Kier molecular flexibility index (Phi) is 6.46. The third kappa shape index (κ3) is 4.13. The molecule has 0 aliphatic heterocycles. The lowest BCUT2D eigenvalue weighted by Crippen LogP contribution is -2.42. The molecule has 0 saturated heterocycles. The zero-order valence-corrected chi connectivity index (χ0v) is 21.8. The Bertz CT molecular complexity index is 1370. The lowest BCUT2D eigenvalue weighted by atomic mass is 9.63. The van der Waals surface area contributed by atoms with Crippen LogP contribution in [0.4, 0.5) is 0 Å². The van der Waals surface area contributed by atoms with E-state index >= 15 is 0 Å². The van der Waals surface area contributed by atoms with Crippen molar-refractivity contribution in [3.8, 4) is 0 Å². The van der Waals surface area contributed by atoms with E-state index in [2.05, 4.69) is 61.9 Å². The third-order valence-electron chi connectivity index (χ3n) is 7.65. The van der Waals surface area contributed by atoms with Gasteiger partial charge in [0.1, 0.15) is 0 Å². The number of allylic oxidation sites excluding steroid dienone is 2. The smallest absolute Gasteiger partial charge is 0.171 e. The Morgan fingerprint density at radius 1 is 0.722 bits per heavy atom. The monoisotopic (exact) mass is 480 g/mol. The van der Waals surface area contributed by atoms with Crippen LogP contribution in [-0.2, 0) is 27.8 Å². The quantitative estimate of drug-likeness (QED) is 0.280. The summed E-state index contributed by atoms with van der Waals surface area (Å²) >= 11 is 0. The van der Waals surface area contributed by atoms with Gasteiger partial charge in [0.2, 0.25) is 0 Å². The number of aromatic nitrogens is 2. The van der Waals surface area contributed by atoms with E-state index < -0.39 is 5.41 Å². The molecule has 0 radical (unpaired) electrons. The number of ketones is 2. The molecule has 0 spiro atoms. The van der Waals surface area contributed by atoms with Gasteiger partial charge >= 0.3 is 0 Å². The van der Waals surface area contributed by atoms with Crippen molar-refractivity contribution in [2.45, 2.75) is 65.2 Å². The molecule has 0 fully saturated rings. The van der Waals surface area contributed by atoms with Crippen LogP contribution < -0.4 is 0 Å². The van der Waals surface area contributed by atoms with Gasteiger partial charge in [0.15, 0.2) is 11.6 Å². The Morgan fingerprint density at radius 2 is 1.19 bits per heavy atom. The summed E-state index contributed by atoms with van der Waals surface area (Å²) in [6.07, 6.45) is 6.80. The van der Waals surface area contributed by atoms with Crippen LogP contribution in [0.3, 0.4) is 0 Å². The molecule has 1 aliphatic carbocycles. The second-order valence-electron chi connectivity index (χ2n) is 11.2. The number of fused-ring (bicyclic) bond motifs is 2. The van der Waals surface area contributed by atoms with Gasteiger partial charge in [0.05, 0.1) is 5.41 Å². The molecular weight excluding hydrogens is 444 g/mol. The van der Waals surface area contributed by atoms with Crippen molar-refractivity contribution in [2.24, 2.45) is 11.8 Å².